The normalized spacial score (nSPS) is 32.8. The minimum atomic E-state index is -0.332. The van der Waals surface area contributed by atoms with E-state index in [-0.39, 0.29) is 22.9 Å². The average molecular weight is 353 g/mol. The highest BCUT2D eigenvalue weighted by Crippen LogP contribution is 2.43. The second-order valence-corrected chi connectivity index (χ2v) is 10.4. The van der Waals surface area contributed by atoms with Crippen LogP contribution in [0, 0.1) is 35.0 Å². The fourth-order valence-electron chi connectivity index (χ4n) is 4.62. The number of carbonyl (C=O) groups is 1. The molecule has 5 atom stereocenters. The summed E-state index contributed by atoms with van der Waals surface area (Å²) in [5.74, 6) is 2.11. The fraction of sp³-hybridized carbons (Fsp3) is 0.957. The highest BCUT2D eigenvalue weighted by Gasteiger charge is 2.45. The van der Waals surface area contributed by atoms with Crippen molar-refractivity contribution in [1.82, 2.24) is 0 Å². The Labute approximate surface area is 157 Å². The van der Waals surface area contributed by atoms with Gasteiger partial charge >= 0.3 is 5.97 Å². The lowest BCUT2D eigenvalue weighted by Gasteiger charge is -2.45. The number of carbonyl (C=O) groups excluding carboxylic acids is 1. The van der Waals surface area contributed by atoms with Crippen LogP contribution < -0.4 is 0 Å². The summed E-state index contributed by atoms with van der Waals surface area (Å²) in [7, 11) is 0. The average Bonchev–Trinajstić information content (AvgIpc) is 2.47. The molecular weight excluding hydrogens is 308 g/mol. The van der Waals surface area contributed by atoms with Gasteiger partial charge in [-0.15, -0.1) is 0 Å². The number of ether oxygens (including phenoxy) is 1. The van der Waals surface area contributed by atoms with E-state index in [0.29, 0.717) is 17.8 Å². The molecule has 5 unspecified atom stereocenters. The highest BCUT2D eigenvalue weighted by atomic mass is 16.6. The van der Waals surface area contributed by atoms with E-state index in [1.165, 1.54) is 19.3 Å². The molecule has 148 valence electrons. The quantitative estimate of drug-likeness (QED) is 0.505. The Hall–Kier alpha value is -0.530. The first-order valence-corrected chi connectivity index (χ1v) is 10.6. The smallest absolute Gasteiger partial charge is 0.310 e. The van der Waals surface area contributed by atoms with Crippen LogP contribution in [0.3, 0.4) is 0 Å². The van der Waals surface area contributed by atoms with Crippen LogP contribution in [0.5, 0.6) is 0 Å². The topological polar surface area (TPSA) is 26.3 Å². The zero-order valence-electron chi connectivity index (χ0n) is 18.4. The third-order valence-electron chi connectivity index (χ3n) is 6.66. The third kappa shape index (κ3) is 6.00. The fourth-order valence-corrected chi connectivity index (χ4v) is 4.62. The molecule has 1 aliphatic carbocycles. The van der Waals surface area contributed by atoms with Gasteiger partial charge in [-0.25, -0.2) is 0 Å². The maximum atomic E-state index is 13.3. The van der Waals surface area contributed by atoms with Crippen molar-refractivity contribution in [2.24, 2.45) is 35.0 Å². The first-order chi connectivity index (χ1) is 11.4. The maximum absolute atomic E-state index is 13.3. The van der Waals surface area contributed by atoms with E-state index < -0.39 is 0 Å². The zero-order valence-corrected chi connectivity index (χ0v) is 18.4. The van der Waals surface area contributed by atoms with E-state index in [0.717, 1.165) is 25.2 Å². The van der Waals surface area contributed by atoms with Crippen LogP contribution in [0.2, 0.25) is 0 Å². The van der Waals surface area contributed by atoms with Crippen LogP contribution in [0.1, 0.15) is 101 Å². The summed E-state index contributed by atoms with van der Waals surface area (Å²) in [6, 6.07) is 0. The molecule has 0 N–H and O–H groups in total. The molecule has 1 saturated carbocycles. The van der Waals surface area contributed by atoms with Gasteiger partial charge in [0.05, 0.1) is 5.92 Å². The molecule has 0 aromatic carbocycles. The molecule has 0 radical (unpaired) electrons. The predicted octanol–water partition coefficient (Wildman–Crippen LogP) is 6.87. The lowest BCUT2D eigenvalue weighted by Crippen LogP contribution is -2.49. The Kier molecular flexibility index (Phi) is 8.02. The largest absolute Gasteiger partial charge is 0.459 e. The zero-order chi connectivity index (χ0) is 19.4. The highest BCUT2D eigenvalue weighted by molar-refractivity contribution is 5.74. The van der Waals surface area contributed by atoms with Gasteiger partial charge < -0.3 is 4.74 Å². The molecule has 0 saturated heterocycles. The van der Waals surface area contributed by atoms with E-state index in [1.54, 1.807) is 0 Å². The van der Waals surface area contributed by atoms with Gasteiger partial charge in [0.2, 0.25) is 0 Å². The van der Waals surface area contributed by atoms with E-state index in [1.807, 2.05) is 0 Å². The number of hydrogen-bond donors (Lipinski definition) is 0. The monoisotopic (exact) mass is 352 g/mol. The summed E-state index contributed by atoms with van der Waals surface area (Å²) >= 11 is 0. The Morgan fingerprint density at radius 1 is 1.20 bits per heavy atom. The first-order valence-electron chi connectivity index (χ1n) is 10.6. The minimum absolute atomic E-state index is 0.0298. The second-order valence-electron chi connectivity index (χ2n) is 10.4. The van der Waals surface area contributed by atoms with Gasteiger partial charge in [-0.05, 0) is 61.7 Å². The van der Waals surface area contributed by atoms with E-state index in [9.17, 15) is 4.79 Å². The molecule has 1 rings (SSSR count). The summed E-state index contributed by atoms with van der Waals surface area (Å²) in [5, 5.41) is 0. The summed E-state index contributed by atoms with van der Waals surface area (Å²) in [5.41, 5.74) is -0.390. The molecule has 2 heteroatoms. The van der Waals surface area contributed by atoms with Gasteiger partial charge in [0.25, 0.3) is 0 Å². The van der Waals surface area contributed by atoms with E-state index in [2.05, 4.69) is 62.3 Å². The van der Waals surface area contributed by atoms with Crippen molar-refractivity contribution in [1.29, 1.82) is 0 Å². The van der Waals surface area contributed by atoms with Gasteiger partial charge in [0, 0.05) is 0 Å². The molecule has 0 heterocycles. The molecule has 1 aliphatic rings. The maximum Gasteiger partial charge on any atom is 0.310 e. The Morgan fingerprint density at radius 3 is 2.28 bits per heavy atom. The molecule has 25 heavy (non-hydrogen) atoms. The van der Waals surface area contributed by atoms with E-state index >= 15 is 0 Å². The number of hydrogen-bond acceptors (Lipinski definition) is 2. The molecular formula is C23H44O2. The van der Waals surface area contributed by atoms with Crippen LogP contribution in [0.25, 0.3) is 0 Å². The summed E-state index contributed by atoms with van der Waals surface area (Å²) in [6.45, 7) is 20.0. The van der Waals surface area contributed by atoms with Crippen molar-refractivity contribution in [3.63, 3.8) is 0 Å². The van der Waals surface area contributed by atoms with Crippen molar-refractivity contribution in [3.05, 3.63) is 0 Å². The molecule has 0 spiro atoms. The lowest BCUT2D eigenvalue weighted by molar-refractivity contribution is -0.184. The lowest BCUT2D eigenvalue weighted by atomic mass is 9.69. The van der Waals surface area contributed by atoms with Crippen LogP contribution in [-0.4, -0.2) is 11.6 Å². The predicted molar refractivity (Wildman–Crippen MR) is 107 cm³/mol. The molecule has 1 fully saturated rings. The molecule has 0 bridgehead atoms. The Balaban J connectivity index is 3.08. The van der Waals surface area contributed by atoms with Gasteiger partial charge in [-0.1, -0.05) is 68.2 Å². The van der Waals surface area contributed by atoms with Gasteiger partial charge in [-0.3, -0.25) is 4.79 Å². The molecule has 2 nitrogen and oxygen atoms in total. The molecule has 0 aromatic heterocycles. The summed E-state index contributed by atoms with van der Waals surface area (Å²) in [4.78, 5) is 13.3. The molecule has 0 amide bonds. The first kappa shape index (κ1) is 22.5. The summed E-state index contributed by atoms with van der Waals surface area (Å²) < 4.78 is 6.43. The van der Waals surface area contributed by atoms with Crippen molar-refractivity contribution in [2.75, 3.05) is 0 Å². The minimum Gasteiger partial charge on any atom is -0.459 e. The summed E-state index contributed by atoms with van der Waals surface area (Å²) in [6.07, 6.45) is 6.89. The van der Waals surface area contributed by atoms with Crippen LogP contribution in [0.15, 0.2) is 0 Å². The van der Waals surface area contributed by atoms with Crippen molar-refractivity contribution in [3.8, 4) is 0 Å². The van der Waals surface area contributed by atoms with Crippen molar-refractivity contribution < 1.29 is 9.53 Å². The van der Waals surface area contributed by atoms with Crippen LogP contribution in [-0.2, 0) is 9.53 Å². The van der Waals surface area contributed by atoms with Crippen LogP contribution >= 0.6 is 0 Å². The Bertz CT molecular complexity index is 420. The molecule has 0 aliphatic heterocycles. The van der Waals surface area contributed by atoms with Crippen molar-refractivity contribution >= 4 is 5.97 Å². The number of esters is 1. The third-order valence-corrected chi connectivity index (χ3v) is 6.66. The van der Waals surface area contributed by atoms with Crippen LogP contribution in [0.4, 0.5) is 0 Å². The molecule has 0 aromatic rings. The van der Waals surface area contributed by atoms with Gasteiger partial charge in [0.15, 0.2) is 0 Å². The van der Waals surface area contributed by atoms with E-state index in [4.69, 9.17) is 4.74 Å². The SMILES string of the molecule is CCC1CC(C)CCCC(C)C1(C)OC(=O)C(CC(C)C)C(C)(C)C. The number of rotatable bonds is 5. The second kappa shape index (κ2) is 8.91. The van der Waals surface area contributed by atoms with Crippen molar-refractivity contribution in [2.45, 2.75) is 106 Å². The standard InChI is InChI=1S/C23H44O2/c1-10-19-15-17(4)12-11-13-18(5)23(19,9)25-21(24)20(14-16(2)3)22(6,7)8/h16-20H,10-15H2,1-9H3. The van der Waals surface area contributed by atoms with Gasteiger partial charge in [-0.2, -0.15) is 0 Å². The van der Waals surface area contributed by atoms with Gasteiger partial charge in [0.1, 0.15) is 5.60 Å². The Morgan fingerprint density at radius 2 is 1.80 bits per heavy atom.